The fourth-order valence-corrected chi connectivity index (χ4v) is 1.12. The Morgan fingerprint density at radius 3 is 2.13 bits per heavy atom. The molecule has 0 amide bonds. The average Bonchev–Trinajstić information content (AvgIpc) is 2.18. The second kappa shape index (κ2) is 10.4. The first-order chi connectivity index (χ1) is 7.20. The number of hydrogen-bond acceptors (Lipinski definition) is 4. The van der Waals surface area contributed by atoms with Crippen LogP contribution in [0.4, 0.5) is 0 Å². The molecule has 0 radical (unpaired) electrons. The molecule has 0 heterocycles. The van der Waals surface area contributed by atoms with Crippen LogP contribution in [0.5, 0.6) is 0 Å². The van der Waals surface area contributed by atoms with Crippen molar-refractivity contribution in [2.24, 2.45) is 0 Å². The Morgan fingerprint density at radius 1 is 0.933 bits per heavy atom. The van der Waals surface area contributed by atoms with Crippen LogP contribution in [0, 0.1) is 0 Å². The summed E-state index contributed by atoms with van der Waals surface area (Å²) in [6.45, 7) is 6.11. The van der Waals surface area contributed by atoms with Gasteiger partial charge in [-0.15, -0.1) is 0 Å². The number of rotatable bonds is 10. The second-order valence-electron chi connectivity index (χ2n) is 3.66. The molecule has 0 bridgehead atoms. The Balaban J connectivity index is 3.26. The van der Waals surface area contributed by atoms with Crippen LogP contribution < -0.4 is 0 Å². The van der Waals surface area contributed by atoms with E-state index in [1.54, 1.807) is 7.11 Å². The van der Waals surface area contributed by atoms with E-state index in [4.69, 9.17) is 19.3 Å². The number of aliphatic hydroxyl groups is 1. The minimum absolute atomic E-state index is 0.126. The molecular formula is C11H24O4. The fraction of sp³-hybridized carbons (Fsp3) is 1.00. The predicted molar refractivity (Wildman–Crippen MR) is 59.0 cm³/mol. The Bertz CT molecular complexity index is 130. The lowest BCUT2D eigenvalue weighted by Gasteiger charge is -2.15. The highest BCUT2D eigenvalue weighted by atomic mass is 16.5. The smallest absolute Gasteiger partial charge is 0.0703 e. The quantitative estimate of drug-likeness (QED) is 0.562. The largest absolute Gasteiger partial charge is 0.396 e. The highest BCUT2D eigenvalue weighted by Crippen LogP contribution is 2.02. The van der Waals surface area contributed by atoms with Gasteiger partial charge in [-0.25, -0.2) is 0 Å². The van der Waals surface area contributed by atoms with E-state index in [-0.39, 0.29) is 18.8 Å². The van der Waals surface area contributed by atoms with E-state index in [1.165, 1.54) is 0 Å². The highest BCUT2D eigenvalue weighted by molar-refractivity contribution is 4.52. The molecule has 0 aliphatic carbocycles. The number of ether oxygens (including phenoxy) is 3. The van der Waals surface area contributed by atoms with Crippen LogP contribution in [0.15, 0.2) is 0 Å². The molecule has 0 aromatic carbocycles. The molecule has 0 fully saturated rings. The number of aliphatic hydroxyl groups excluding tert-OH is 1. The zero-order valence-corrected chi connectivity index (χ0v) is 10.1. The topological polar surface area (TPSA) is 47.9 Å². The second-order valence-corrected chi connectivity index (χ2v) is 3.66. The lowest BCUT2D eigenvalue weighted by molar-refractivity contribution is -0.00963. The third-order valence-electron chi connectivity index (χ3n) is 2.15. The van der Waals surface area contributed by atoms with Crippen LogP contribution in [0.3, 0.4) is 0 Å². The Hall–Kier alpha value is -0.160. The van der Waals surface area contributed by atoms with Crippen LogP contribution in [-0.2, 0) is 14.2 Å². The van der Waals surface area contributed by atoms with Gasteiger partial charge in [0, 0.05) is 20.3 Å². The number of hydrogen-bond donors (Lipinski definition) is 1. The van der Waals surface area contributed by atoms with Gasteiger partial charge < -0.3 is 19.3 Å². The molecule has 92 valence electrons. The van der Waals surface area contributed by atoms with Gasteiger partial charge in [-0.05, 0) is 26.7 Å². The van der Waals surface area contributed by atoms with Crippen molar-refractivity contribution in [2.75, 3.05) is 33.5 Å². The van der Waals surface area contributed by atoms with Crippen molar-refractivity contribution in [3.8, 4) is 0 Å². The molecule has 2 atom stereocenters. The first kappa shape index (κ1) is 14.8. The van der Waals surface area contributed by atoms with Gasteiger partial charge >= 0.3 is 0 Å². The molecular weight excluding hydrogens is 196 g/mol. The van der Waals surface area contributed by atoms with Gasteiger partial charge in [0.05, 0.1) is 25.4 Å². The van der Waals surface area contributed by atoms with Crippen LogP contribution >= 0.6 is 0 Å². The van der Waals surface area contributed by atoms with Gasteiger partial charge in [0.2, 0.25) is 0 Å². The van der Waals surface area contributed by atoms with Crippen molar-refractivity contribution in [3.05, 3.63) is 0 Å². The van der Waals surface area contributed by atoms with Crippen LogP contribution in [0.25, 0.3) is 0 Å². The summed E-state index contributed by atoms with van der Waals surface area (Å²) in [6, 6.07) is 0. The maximum Gasteiger partial charge on any atom is 0.0703 e. The van der Waals surface area contributed by atoms with Crippen LogP contribution in [-0.4, -0.2) is 50.9 Å². The van der Waals surface area contributed by atoms with E-state index >= 15 is 0 Å². The Kier molecular flexibility index (Phi) is 10.3. The summed E-state index contributed by atoms with van der Waals surface area (Å²) in [4.78, 5) is 0. The molecule has 0 aliphatic rings. The lowest BCUT2D eigenvalue weighted by atomic mass is 10.3. The van der Waals surface area contributed by atoms with Gasteiger partial charge in [0.1, 0.15) is 0 Å². The molecule has 1 N–H and O–H groups in total. The normalized spacial score (nSPS) is 15.2. The standard InChI is InChI=1S/C11H24O4/c1-10(4-6-12)14-7-5-11(2)15-9-8-13-3/h10-12H,4-9H2,1-3H3. The molecule has 4 nitrogen and oxygen atoms in total. The van der Waals surface area contributed by atoms with E-state index in [9.17, 15) is 0 Å². The lowest BCUT2D eigenvalue weighted by Crippen LogP contribution is -2.17. The molecule has 4 heteroatoms. The summed E-state index contributed by atoms with van der Waals surface area (Å²) in [5.41, 5.74) is 0. The van der Waals surface area contributed by atoms with Crippen molar-refractivity contribution in [1.29, 1.82) is 0 Å². The summed E-state index contributed by atoms with van der Waals surface area (Å²) in [6.07, 6.45) is 1.89. The number of methoxy groups -OCH3 is 1. The third kappa shape index (κ3) is 10.1. The Morgan fingerprint density at radius 2 is 1.53 bits per heavy atom. The highest BCUT2D eigenvalue weighted by Gasteiger charge is 2.04. The van der Waals surface area contributed by atoms with Gasteiger partial charge in [-0.1, -0.05) is 0 Å². The van der Waals surface area contributed by atoms with Gasteiger partial charge in [0.15, 0.2) is 0 Å². The monoisotopic (exact) mass is 220 g/mol. The third-order valence-corrected chi connectivity index (χ3v) is 2.15. The molecule has 15 heavy (non-hydrogen) atoms. The molecule has 0 aliphatic heterocycles. The van der Waals surface area contributed by atoms with Crippen molar-refractivity contribution in [3.63, 3.8) is 0 Å². The first-order valence-corrected chi connectivity index (χ1v) is 5.53. The van der Waals surface area contributed by atoms with Crippen LogP contribution in [0.2, 0.25) is 0 Å². The van der Waals surface area contributed by atoms with E-state index in [2.05, 4.69) is 0 Å². The predicted octanol–water partition coefficient (Wildman–Crippen LogP) is 1.22. The van der Waals surface area contributed by atoms with Crippen molar-refractivity contribution < 1.29 is 19.3 Å². The minimum Gasteiger partial charge on any atom is -0.396 e. The summed E-state index contributed by atoms with van der Waals surface area (Å²) >= 11 is 0. The maximum atomic E-state index is 8.67. The van der Waals surface area contributed by atoms with Crippen molar-refractivity contribution in [1.82, 2.24) is 0 Å². The Labute approximate surface area is 92.5 Å². The van der Waals surface area contributed by atoms with E-state index in [0.717, 1.165) is 6.42 Å². The van der Waals surface area contributed by atoms with Crippen molar-refractivity contribution in [2.45, 2.75) is 38.9 Å². The van der Waals surface area contributed by atoms with Crippen molar-refractivity contribution >= 4 is 0 Å². The van der Waals surface area contributed by atoms with Gasteiger partial charge in [-0.2, -0.15) is 0 Å². The molecule has 0 saturated heterocycles. The first-order valence-electron chi connectivity index (χ1n) is 5.53. The molecule has 0 rings (SSSR count). The van der Waals surface area contributed by atoms with Gasteiger partial charge in [0.25, 0.3) is 0 Å². The summed E-state index contributed by atoms with van der Waals surface area (Å²) < 4.78 is 15.8. The maximum absolute atomic E-state index is 8.67. The van der Waals surface area contributed by atoms with E-state index < -0.39 is 0 Å². The molecule has 0 aromatic heterocycles. The summed E-state index contributed by atoms with van der Waals surface area (Å²) in [5.74, 6) is 0. The van der Waals surface area contributed by atoms with Crippen LogP contribution in [0.1, 0.15) is 26.7 Å². The molecule has 0 spiro atoms. The zero-order chi connectivity index (χ0) is 11.5. The molecule has 0 aromatic rings. The summed E-state index contributed by atoms with van der Waals surface area (Å²) in [7, 11) is 1.66. The van der Waals surface area contributed by atoms with Gasteiger partial charge in [-0.3, -0.25) is 0 Å². The van der Waals surface area contributed by atoms with E-state index in [1.807, 2.05) is 13.8 Å². The van der Waals surface area contributed by atoms with E-state index in [0.29, 0.717) is 26.2 Å². The zero-order valence-electron chi connectivity index (χ0n) is 10.1. The SMILES string of the molecule is COCCOC(C)CCOC(C)CCO. The minimum atomic E-state index is 0.126. The molecule has 0 saturated carbocycles. The average molecular weight is 220 g/mol. The fourth-order valence-electron chi connectivity index (χ4n) is 1.12. The molecule has 2 unspecified atom stereocenters. The summed E-state index contributed by atoms with van der Waals surface area (Å²) in [5, 5.41) is 8.67.